The average Bonchev–Trinajstić information content (AvgIpc) is 3.70. The maximum Gasteiger partial charge on any atom is 3.00 e. The van der Waals surface area contributed by atoms with Crippen LogP contribution in [0.3, 0.4) is 0 Å². The SMILES string of the molecule is CCC1(C2c3ccc(C45CC6CC(CC(C6)C4)C5)cc3-c3cc(C45CC6CC(CC(C6)C4)C5)ccc32)C[CH-]C2=C1C=C(C(C)(C)C)C2.[Cl-].[Cl-].[Zr+3]. The van der Waals surface area contributed by atoms with Gasteiger partial charge in [-0.1, -0.05) is 81.5 Å². The Labute approximate surface area is 334 Å². The summed E-state index contributed by atoms with van der Waals surface area (Å²) in [7, 11) is 0. The van der Waals surface area contributed by atoms with E-state index in [1.165, 1.54) is 96.3 Å². The van der Waals surface area contributed by atoms with Crippen molar-refractivity contribution >= 4 is 0 Å². The van der Waals surface area contributed by atoms with E-state index >= 15 is 0 Å². The molecule has 2 aromatic carbocycles. The van der Waals surface area contributed by atoms with Crippen LogP contribution in [0.2, 0.25) is 0 Å². The maximum atomic E-state index is 2.81. The van der Waals surface area contributed by atoms with Crippen LogP contribution in [-0.2, 0) is 37.0 Å². The zero-order chi connectivity index (χ0) is 31.5. The molecule has 263 valence electrons. The van der Waals surface area contributed by atoms with Gasteiger partial charge in [0.05, 0.1) is 0 Å². The van der Waals surface area contributed by atoms with Gasteiger partial charge in [0, 0.05) is 5.92 Å². The van der Waals surface area contributed by atoms with Crippen LogP contribution in [0.5, 0.6) is 0 Å². The number of fused-ring (bicyclic) bond motifs is 3. The van der Waals surface area contributed by atoms with Crippen LogP contribution in [0.1, 0.15) is 152 Å². The van der Waals surface area contributed by atoms with Crippen molar-refractivity contribution < 1.29 is 51.0 Å². The molecule has 0 heterocycles. The molecule has 8 fully saturated rings. The smallest absolute Gasteiger partial charge is 1.00 e. The van der Waals surface area contributed by atoms with E-state index in [2.05, 4.69) is 76.6 Å². The van der Waals surface area contributed by atoms with Gasteiger partial charge in [0.2, 0.25) is 0 Å². The van der Waals surface area contributed by atoms with Gasteiger partial charge < -0.3 is 24.8 Å². The molecule has 13 rings (SSSR count). The van der Waals surface area contributed by atoms with E-state index in [0.29, 0.717) is 16.7 Å². The summed E-state index contributed by atoms with van der Waals surface area (Å²) in [5, 5.41) is 0. The van der Waals surface area contributed by atoms with Crippen LogP contribution in [-0.4, -0.2) is 0 Å². The Hall–Kier alpha value is -0.747. The van der Waals surface area contributed by atoms with Crippen LogP contribution >= 0.6 is 0 Å². The molecule has 50 heavy (non-hydrogen) atoms. The summed E-state index contributed by atoms with van der Waals surface area (Å²) in [6, 6.07) is 16.4. The zero-order valence-corrected chi connectivity index (χ0v) is 35.0. The molecule has 2 aromatic rings. The summed E-state index contributed by atoms with van der Waals surface area (Å²) in [5.41, 5.74) is 16.4. The van der Waals surface area contributed by atoms with E-state index in [-0.39, 0.29) is 61.8 Å². The minimum atomic E-state index is 0. The Balaban J connectivity index is 0.00000120. The van der Waals surface area contributed by atoms with Crippen molar-refractivity contribution in [2.45, 2.75) is 141 Å². The monoisotopic (exact) mass is 781 g/mol. The molecule has 1 atom stereocenters. The molecular formula is C47H57Cl2Zr. The van der Waals surface area contributed by atoms with Gasteiger partial charge in [-0.2, -0.15) is 5.57 Å². The Morgan fingerprint density at radius 1 is 0.660 bits per heavy atom. The number of benzene rings is 2. The Bertz CT molecular complexity index is 1610. The standard InChI is InChI=1S/C47H57.2ClH.Zr/c1-5-47(11-10-34-18-37(21-42(34)47)44(2,3)4)43-38-8-6-35(45-22-28-12-29(23-45)14-30(13-28)24-45)19-40(38)41-20-36(7-9-39(41)43)46-25-31-15-32(26-46)17-33(16-31)27-46;;;/h6-10,19-21,28-33,43H,5,11-18,22-27H2,1-4H3;2*1H;/q-1;;;+3/p-2. The first-order valence-corrected chi connectivity index (χ1v) is 20.2. The second kappa shape index (κ2) is 12.1. The van der Waals surface area contributed by atoms with Crippen LogP contribution in [0.4, 0.5) is 0 Å². The molecular weight excluding hydrogens is 727 g/mol. The van der Waals surface area contributed by atoms with Crippen molar-refractivity contribution in [3.8, 4) is 11.1 Å². The van der Waals surface area contributed by atoms with Crippen LogP contribution < -0.4 is 24.8 Å². The molecule has 11 aliphatic carbocycles. The minimum Gasteiger partial charge on any atom is -1.00 e. The second-order valence-electron chi connectivity index (χ2n) is 20.4. The number of halogens is 2. The molecule has 1 radical (unpaired) electrons. The molecule has 0 nitrogen and oxygen atoms in total. The molecule has 3 heteroatoms. The zero-order valence-electron chi connectivity index (χ0n) is 31.0. The largest absolute Gasteiger partial charge is 3.00 e. The maximum absolute atomic E-state index is 2.81. The molecule has 0 amide bonds. The predicted molar refractivity (Wildman–Crippen MR) is 194 cm³/mol. The van der Waals surface area contributed by atoms with Crippen molar-refractivity contribution in [1.29, 1.82) is 0 Å². The van der Waals surface area contributed by atoms with Crippen molar-refractivity contribution in [2.24, 2.45) is 46.3 Å². The third-order valence-electron chi connectivity index (χ3n) is 16.8. The molecule has 0 saturated heterocycles. The Kier molecular flexibility index (Phi) is 8.79. The summed E-state index contributed by atoms with van der Waals surface area (Å²) in [4.78, 5) is 0. The van der Waals surface area contributed by atoms with E-state index in [1.54, 1.807) is 50.1 Å². The third kappa shape index (κ3) is 5.00. The van der Waals surface area contributed by atoms with Gasteiger partial charge in [0.1, 0.15) is 0 Å². The van der Waals surface area contributed by atoms with Gasteiger partial charge in [-0.05, 0) is 169 Å². The van der Waals surface area contributed by atoms with Gasteiger partial charge in [-0.25, -0.2) is 12.0 Å². The van der Waals surface area contributed by atoms with E-state index in [0.717, 1.165) is 35.5 Å². The second-order valence-corrected chi connectivity index (χ2v) is 20.4. The van der Waals surface area contributed by atoms with Crippen LogP contribution in [0.25, 0.3) is 11.1 Å². The van der Waals surface area contributed by atoms with Crippen LogP contribution in [0, 0.1) is 52.8 Å². The molecule has 0 aliphatic heterocycles. The number of allylic oxidation sites excluding steroid dienone is 4. The Morgan fingerprint density at radius 3 is 1.46 bits per heavy atom. The first kappa shape index (κ1) is 36.2. The molecule has 8 bridgehead atoms. The van der Waals surface area contributed by atoms with Crippen molar-refractivity contribution in [2.75, 3.05) is 0 Å². The summed E-state index contributed by atoms with van der Waals surface area (Å²) in [6.07, 6.45) is 26.9. The number of rotatable bonds is 4. The van der Waals surface area contributed by atoms with Gasteiger partial charge in [0.25, 0.3) is 0 Å². The van der Waals surface area contributed by atoms with Gasteiger partial charge in [0.15, 0.2) is 0 Å². The quantitative estimate of drug-likeness (QED) is 0.315. The van der Waals surface area contributed by atoms with Gasteiger partial charge in [-0.3, -0.25) is 0 Å². The third-order valence-corrected chi connectivity index (χ3v) is 16.8. The fourth-order valence-electron chi connectivity index (χ4n) is 15.4. The molecule has 0 N–H and O–H groups in total. The topological polar surface area (TPSA) is 0 Å². The minimum absolute atomic E-state index is 0. The molecule has 0 spiro atoms. The van der Waals surface area contributed by atoms with Gasteiger partial charge >= 0.3 is 26.2 Å². The van der Waals surface area contributed by atoms with E-state index < -0.39 is 0 Å². The van der Waals surface area contributed by atoms with Crippen molar-refractivity contribution in [3.05, 3.63) is 87.9 Å². The first-order valence-electron chi connectivity index (χ1n) is 20.2. The fraction of sp³-hybridized carbons (Fsp3) is 0.638. The van der Waals surface area contributed by atoms with Crippen LogP contribution in [0.15, 0.2) is 59.2 Å². The Morgan fingerprint density at radius 2 is 1.08 bits per heavy atom. The molecule has 0 aromatic heterocycles. The fourth-order valence-corrected chi connectivity index (χ4v) is 15.4. The number of hydrogen-bond donors (Lipinski definition) is 0. The molecule has 8 saturated carbocycles. The molecule has 1 unspecified atom stereocenters. The number of hydrogen-bond acceptors (Lipinski definition) is 0. The summed E-state index contributed by atoms with van der Waals surface area (Å²) < 4.78 is 0. The summed E-state index contributed by atoms with van der Waals surface area (Å²) >= 11 is 0. The summed E-state index contributed by atoms with van der Waals surface area (Å²) in [5.74, 6) is 6.42. The molecule has 11 aliphatic rings. The summed E-state index contributed by atoms with van der Waals surface area (Å²) in [6.45, 7) is 9.78. The normalized spacial score (nSPS) is 40.7. The van der Waals surface area contributed by atoms with E-state index in [9.17, 15) is 0 Å². The average molecular weight is 784 g/mol. The van der Waals surface area contributed by atoms with Crippen molar-refractivity contribution in [3.63, 3.8) is 0 Å². The predicted octanol–water partition coefficient (Wildman–Crippen LogP) is 6.42. The van der Waals surface area contributed by atoms with E-state index in [4.69, 9.17) is 0 Å². The van der Waals surface area contributed by atoms with Gasteiger partial charge in [-0.15, -0.1) is 12.5 Å². The first-order chi connectivity index (χ1) is 22.6. The van der Waals surface area contributed by atoms with Crippen molar-refractivity contribution in [1.82, 2.24) is 0 Å². The van der Waals surface area contributed by atoms with E-state index in [1.807, 2.05) is 0 Å².